The van der Waals surface area contributed by atoms with E-state index in [1.165, 1.54) is 0 Å². The summed E-state index contributed by atoms with van der Waals surface area (Å²) < 4.78 is 0. The van der Waals surface area contributed by atoms with E-state index in [4.69, 9.17) is 5.73 Å². The van der Waals surface area contributed by atoms with Gasteiger partial charge in [0.05, 0.1) is 18.1 Å². The highest BCUT2D eigenvalue weighted by atomic mass is 16.2. The average Bonchev–Trinajstić information content (AvgIpc) is 2.88. The summed E-state index contributed by atoms with van der Waals surface area (Å²) in [6.45, 7) is 6.99. The molecule has 1 aromatic rings. The van der Waals surface area contributed by atoms with E-state index in [1.54, 1.807) is 13.8 Å². The Bertz CT molecular complexity index is 455. The van der Waals surface area contributed by atoms with Gasteiger partial charge in [0.2, 0.25) is 11.8 Å². The van der Waals surface area contributed by atoms with Gasteiger partial charge in [-0.25, -0.2) is 0 Å². The van der Waals surface area contributed by atoms with Gasteiger partial charge in [-0.15, -0.1) is 10.2 Å². The van der Waals surface area contributed by atoms with Crippen molar-refractivity contribution in [3.8, 4) is 0 Å². The van der Waals surface area contributed by atoms with Crippen LogP contribution in [0.25, 0.3) is 0 Å². The number of nitrogens with one attached hydrogen (secondary N) is 3. The molecule has 1 atom stereocenters. The lowest BCUT2D eigenvalue weighted by Crippen LogP contribution is -2.50. The van der Waals surface area contributed by atoms with Crippen LogP contribution in [0.1, 0.15) is 33.5 Å². The van der Waals surface area contributed by atoms with E-state index in [0.29, 0.717) is 5.82 Å². The number of aromatic nitrogens is 4. The predicted octanol–water partition coefficient (Wildman–Crippen LogP) is -1.35. The summed E-state index contributed by atoms with van der Waals surface area (Å²) in [5, 5.41) is 18.6. The summed E-state index contributed by atoms with van der Waals surface area (Å²) in [7, 11) is 0. The summed E-state index contributed by atoms with van der Waals surface area (Å²) in [5.41, 5.74) is 4.89. The first kappa shape index (κ1) is 16.0. The molecule has 1 heterocycles. The third kappa shape index (κ3) is 4.26. The van der Waals surface area contributed by atoms with Crippen LogP contribution < -0.4 is 16.4 Å². The van der Waals surface area contributed by atoms with Gasteiger partial charge in [-0.3, -0.25) is 9.59 Å². The van der Waals surface area contributed by atoms with Crippen molar-refractivity contribution in [2.75, 3.05) is 6.54 Å². The molecule has 1 aromatic heterocycles. The number of carbonyl (C=O) groups is 2. The van der Waals surface area contributed by atoms with Crippen LogP contribution in [-0.4, -0.2) is 45.0 Å². The second-order valence-electron chi connectivity index (χ2n) is 5.40. The molecule has 0 aliphatic rings. The molecule has 0 spiro atoms. The maximum absolute atomic E-state index is 11.8. The molecule has 9 nitrogen and oxygen atoms in total. The van der Waals surface area contributed by atoms with E-state index in [0.717, 1.165) is 0 Å². The molecule has 0 fully saturated rings. The monoisotopic (exact) mass is 283 g/mol. The summed E-state index contributed by atoms with van der Waals surface area (Å²) in [4.78, 5) is 23.4. The minimum atomic E-state index is -0.783. The Morgan fingerprint density at radius 1 is 1.40 bits per heavy atom. The highest BCUT2D eigenvalue weighted by Crippen LogP contribution is 2.13. The SMILES string of the molecule is CC(C)[C@H](N)C(=O)NCC(=O)NC(C)(C)c1nn[nH]n1. The minimum Gasteiger partial charge on any atom is -0.346 e. The lowest BCUT2D eigenvalue weighted by Gasteiger charge is -2.22. The van der Waals surface area contributed by atoms with Gasteiger partial charge < -0.3 is 16.4 Å². The third-order valence-electron chi connectivity index (χ3n) is 2.80. The number of nitrogens with two attached hydrogens (primary N) is 1. The normalized spacial score (nSPS) is 13.1. The topological polar surface area (TPSA) is 139 Å². The zero-order valence-corrected chi connectivity index (χ0v) is 12.1. The van der Waals surface area contributed by atoms with Crippen molar-refractivity contribution in [3.63, 3.8) is 0 Å². The van der Waals surface area contributed by atoms with E-state index < -0.39 is 11.6 Å². The number of carbonyl (C=O) groups excluding carboxylic acids is 2. The Kier molecular flexibility index (Phi) is 5.14. The van der Waals surface area contributed by atoms with Crippen LogP contribution >= 0.6 is 0 Å². The Hall–Kier alpha value is -2.03. The van der Waals surface area contributed by atoms with E-state index in [-0.39, 0.29) is 24.3 Å². The number of amides is 2. The van der Waals surface area contributed by atoms with Gasteiger partial charge in [0, 0.05) is 0 Å². The third-order valence-corrected chi connectivity index (χ3v) is 2.80. The fraction of sp³-hybridized carbons (Fsp3) is 0.727. The Morgan fingerprint density at radius 3 is 2.55 bits per heavy atom. The Balaban J connectivity index is 2.47. The number of hydrogen-bond donors (Lipinski definition) is 4. The standard InChI is InChI=1S/C11H21N7O2/c1-6(2)8(12)9(20)13-5-7(19)14-11(3,4)10-15-17-18-16-10/h6,8H,5,12H2,1-4H3,(H,13,20)(H,14,19)(H,15,16,17,18)/t8-/m0/s1. The predicted molar refractivity (Wildman–Crippen MR) is 71.2 cm³/mol. The molecule has 1 rings (SSSR count). The molecule has 9 heteroatoms. The lowest BCUT2D eigenvalue weighted by atomic mass is 10.0. The van der Waals surface area contributed by atoms with E-state index in [9.17, 15) is 9.59 Å². The first-order valence-electron chi connectivity index (χ1n) is 6.32. The van der Waals surface area contributed by atoms with Gasteiger partial charge >= 0.3 is 0 Å². The number of H-pyrrole nitrogens is 1. The first-order valence-corrected chi connectivity index (χ1v) is 6.32. The highest BCUT2D eigenvalue weighted by molar-refractivity contribution is 5.87. The molecule has 0 saturated heterocycles. The van der Waals surface area contributed by atoms with Gasteiger partial charge in [0.1, 0.15) is 0 Å². The molecule has 0 bridgehead atoms. The van der Waals surface area contributed by atoms with Gasteiger partial charge in [0.25, 0.3) is 0 Å². The Labute approximate surface area is 117 Å². The second-order valence-corrected chi connectivity index (χ2v) is 5.40. The van der Waals surface area contributed by atoms with Crippen LogP contribution in [0, 0.1) is 5.92 Å². The molecule has 0 aromatic carbocycles. The quantitative estimate of drug-likeness (QED) is 0.509. The number of aromatic amines is 1. The molecule has 0 aliphatic heterocycles. The van der Waals surface area contributed by atoms with E-state index >= 15 is 0 Å². The number of tetrazole rings is 1. The molecular weight excluding hydrogens is 262 g/mol. The summed E-state index contributed by atoms with van der Waals surface area (Å²) in [6.07, 6.45) is 0. The molecule has 0 radical (unpaired) electrons. The van der Waals surface area contributed by atoms with E-state index in [1.807, 2.05) is 13.8 Å². The van der Waals surface area contributed by atoms with Crippen LogP contribution in [0.2, 0.25) is 0 Å². The number of rotatable bonds is 6. The molecule has 5 N–H and O–H groups in total. The average molecular weight is 283 g/mol. The van der Waals surface area contributed by atoms with Gasteiger partial charge in [-0.2, -0.15) is 5.21 Å². The fourth-order valence-corrected chi connectivity index (χ4v) is 1.46. The van der Waals surface area contributed by atoms with Crippen molar-refractivity contribution in [2.24, 2.45) is 11.7 Å². The molecule has 0 unspecified atom stereocenters. The lowest BCUT2D eigenvalue weighted by molar-refractivity contribution is -0.128. The molecule has 0 saturated carbocycles. The molecule has 0 aliphatic carbocycles. The van der Waals surface area contributed by atoms with Crippen molar-refractivity contribution in [1.29, 1.82) is 0 Å². The van der Waals surface area contributed by atoms with Crippen LogP contribution in [0.3, 0.4) is 0 Å². The second kappa shape index (κ2) is 6.42. The van der Waals surface area contributed by atoms with Crippen LogP contribution in [-0.2, 0) is 15.1 Å². The van der Waals surface area contributed by atoms with Crippen LogP contribution in [0.5, 0.6) is 0 Å². The number of nitrogens with zero attached hydrogens (tertiary/aromatic N) is 3. The number of hydrogen-bond acceptors (Lipinski definition) is 6. The molecule has 2 amide bonds. The van der Waals surface area contributed by atoms with Crippen molar-refractivity contribution in [2.45, 2.75) is 39.3 Å². The van der Waals surface area contributed by atoms with Crippen molar-refractivity contribution in [1.82, 2.24) is 31.3 Å². The maximum atomic E-state index is 11.8. The molecule has 20 heavy (non-hydrogen) atoms. The first-order chi connectivity index (χ1) is 9.24. The molecular formula is C11H21N7O2. The van der Waals surface area contributed by atoms with Crippen molar-refractivity contribution < 1.29 is 9.59 Å². The summed E-state index contributed by atoms with van der Waals surface area (Å²) >= 11 is 0. The smallest absolute Gasteiger partial charge is 0.240 e. The highest BCUT2D eigenvalue weighted by Gasteiger charge is 2.27. The van der Waals surface area contributed by atoms with Gasteiger partial charge in [-0.05, 0) is 19.8 Å². The summed E-state index contributed by atoms with van der Waals surface area (Å²) in [5.74, 6) is -0.346. The largest absolute Gasteiger partial charge is 0.346 e. The van der Waals surface area contributed by atoms with Gasteiger partial charge in [0.15, 0.2) is 5.82 Å². The maximum Gasteiger partial charge on any atom is 0.240 e. The zero-order valence-electron chi connectivity index (χ0n) is 12.1. The van der Waals surface area contributed by atoms with E-state index in [2.05, 4.69) is 31.3 Å². The molecule has 112 valence electrons. The zero-order chi connectivity index (χ0) is 15.3. The van der Waals surface area contributed by atoms with Crippen molar-refractivity contribution >= 4 is 11.8 Å². The van der Waals surface area contributed by atoms with Crippen LogP contribution in [0.15, 0.2) is 0 Å². The van der Waals surface area contributed by atoms with Gasteiger partial charge in [-0.1, -0.05) is 19.1 Å². The fourth-order valence-electron chi connectivity index (χ4n) is 1.46. The van der Waals surface area contributed by atoms with Crippen molar-refractivity contribution in [3.05, 3.63) is 5.82 Å². The summed E-state index contributed by atoms with van der Waals surface area (Å²) in [6, 6.07) is -0.631. The Morgan fingerprint density at radius 2 is 2.05 bits per heavy atom. The van der Waals surface area contributed by atoms with Crippen LogP contribution in [0.4, 0.5) is 0 Å². The minimum absolute atomic E-state index is 0.00818.